The molecule has 2 rings (SSSR count). The number of rotatable bonds is 3. The van der Waals surface area contributed by atoms with Crippen molar-refractivity contribution in [3.05, 3.63) is 23.7 Å². The highest BCUT2D eigenvalue weighted by molar-refractivity contribution is 5.85. The van der Waals surface area contributed by atoms with E-state index in [1.807, 2.05) is 13.0 Å². The highest BCUT2D eigenvalue weighted by Gasteiger charge is 2.40. The summed E-state index contributed by atoms with van der Waals surface area (Å²) in [6, 6.07) is 4.20. The van der Waals surface area contributed by atoms with Crippen molar-refractivity contribution in [1.82, 2.24) is 4.90 Å². The number of aryl methyl sites for hydroxylation is 1. The Morgan fingerprint density at radius 3 is 2.55 bits per heavy atom. The number of nitriles is 1. The van der Waals surface area contributed by atoms with E-state index < -0.39 is 5.41 Å². The lowest BCUT2D eigenvalue weighted by atomic mass is 9.80. The first-order valence-electron chi connectivity index (χ1n) is 7.29. The molecular formula is C16H22N2O2. The van der Waals surface area contributed by atoms with Gasteiger partial charge in [0.05, 0.1) is 12.3 Å². The van der Waals surface area contributed by atoms with Crippen molar-refractivity contribution in [3.8, 4) is 6.07 Å². The van der Waals surface area contributed by atoms with E-state index in [-0.39, 0.29) is 5.91 Å². The zero-order valence-corrected chi connectivity index (χ0v) is 12.3. The van der Waals surface area contributed by atoms with Crippen molar-refractivity contribution in [2.75, 3.05) is 7.05 Å². The number of furan rings is 1. The third-order valence-electron chi connectivity index (χ3n) is 4.30. The van der Waals surface area contributed by atoms with Gasteiger partial charge in [0.25, 0.3) is 0 Å². The Morgan fingerprint density at radius 2 is 2.05 bits per heavy atom. The number of nitrogens with zero attached hydrogens (tertiary/aromatic N) is 2. The lowest BCUT2D eigenvalue weighted by Gasteiger charge is -2.29. The van der Waals surface area contributed by atoms with Crippen LogP contribution in [0.4, 0.5) is 0 Å². The van der Waals surface area contributed by atoms with Gasteiger partial charge in [-0.05, 0) is 25.8 Å². The molecule has 0 atom stereocenters. The van der Waals surface area contributed by atoms with Crippen molar-refractivity contribution in [2.45, 2.75) is 52.0 Å². The summed E-state index contributed by atoms with van der Waals surface area (Å²) in [6.45, 7) is 2.39. The van der Waals surface area contributed by atoms with Crippen LogP contribution in [0, 0.1) is 23.7 Å². The van der Waals surface area contributed by atoms with E-state index in [0.717, 1.165) is 37.0 Å². The molecule has 108 valence electrons. The van der Waals surface area contributed by atoms with E-state index >= 15 is 0 Å². The summed E-state index contributed by atoms with van der Waals surface area (Å²) in [5.74, 6) is 0.791. The van der Waals surface area contributed by atoms with Crippen LogP contribution in [-0.2, 0) is 11.3 Å². The minimum Gasteiger partial charge on any atom is -0.469 e. The van der Waals surface area contributed by atoms with Gasteiger partial charge in [0, 0.05) is 19.2 Å². The van der Waals surface area contributed by atoms with Crippen molar-refractivity contribution in [2.24, 2.45) is 5.41 Å². The van der Waals surface area contributed by atoms with Crippen LogP contribution in [0.2, 0.25) is 0 Å². The van der Waals surface area contributed by atoms with Gasteiger partial charge in [-0.2, -0.15) is 5.26 Å². The van der Waals surface area contributed by atoms with Gasteiger partial charge >= 0.3 is 0 Å². The zero-order valence-electron chi connectivity index (χ0n) is 12.3. The van der Waals surface area contributed by atoms with E-state index in [4.69, 9.17) is 4.42 Å². The van der Waals surface area contributed by atoms with Gasteiger partial charge in [0.1, 0.15) is 11.2 Å². The third kappa shape index (κ3) is 2.87. The van der Waals surface area contributed by atoms with Crippen LogP contribution in [0.1, 0.15) is 49.8 Å². The maximum Gasteiger partial charge on any atom is 0.243 e. The number of carbonyl (C=O) groups excluding carboxylic acids is 1. The summed E-state index contributed by atoms with van der Waals surface area (Å²) in [7, 11) is 1.78. The fourth-order valence-corrected chi connectivity index (χ4v) is 2.97. The quantitative estimate of drug-likeness (QED) is 0.794. The second-order valence-electron chi connectivity index (χ2n) is 5.77. The Balaban J connectivity index is 2.12. The van der Waals surface area contributed by atoms with Crippen LogP contribution in [0.15, 0.2) is 16.7 Å². The van der Waals surface area contributed by atoms with Crippen LogP contribution in [0.25, 0.3) is 0 Å². The Morgan fingerprint density at radius 1 is 1.40 bits per heavy atom. The average molecular weight is 274 g/mol. The topological polar surface area (TPSA) is 57.2 Å². The molecule has 1 heterocycles. The van der Waals surface area contributed by atoms with Gasteiger partial charge in [-0.1, -0.05) is 25.7 Å². The van der Waals surface area contributed by atoms with Gasteiger partial charge in [-0.25, -0.2) is 0 Å². The summed E-state index contributed by atoms with van der Waals surface area (Å²) in [5.41, 5.74) is 0.186. The van der Waals surface area contributed by atoms with Gasteiger partial charge < -0.3 is 9.32 Å². The summed E-state index contributed by atoms with van der Waals surface area (Å²) >= 11 is 0. The molecular weight excluding hydrogens is 252 g/mol. The molecule has 0 aliphatic heterocycles. The van der Waals surface area contributed by atoms with Gasteiger partial charge in [-0.3, -0.25) is 4.79 Å². The highest BCUT2D eigenvalue weighted by Crippen LogP contribution is 2.36. The fourth-order valence-electron chi connectivity index (χ4n) is 2.97. The van der Waals surface area contributed by atoms with Crippen molar-refractivity contribution < 1.29 is 9.21 Å². The van der Waals surface area contributed by atoms with E-state index in [9.17, 15) is 10.1 Å². The maximum atomic E-state index is 12.7. The van der Waals surface area contributed by atoms with Crippen LogP contribution in [-0.4, -0.2) is 17.9 Å². The SMILES string of the molecule is Cc1occc1CN(C)C(=O)C1(C#N)CCCCCC1. The predicted molar refractivity (Wildman–Crippen MR) is 75.7 cm³/mol. The van der Waals surface area contributed by atoms with Crippen LogP contribution >= 0.6 is 0 Å². The minimum atomic E-state index is -0.817. The third-order valence-corrected chi connectivity index (χ3v) is 4.30. The normalized spacial score (nSPS) is 18.1. The second-order valence-corrected chi connectivity index (χ2v) is 5.77. The summed E-state index contributed by atoms with van der Waals surface area (Å²) in [5, 5.41) is 9.55. The number of amides is 1. The van der Waals surface area contributed by atoms with Crippen LogP contribution in [0.3, 0.4) is 0 Å². The Bertz CT molecular complexity index is 505. The molecule has 1 aromatic rings. The maximum absolute atomic E-state index is 12.7. The first-order chi connectivity index (χ1) is 9.59. The molecule has 1 amide bonds. The Hall–Kier alpha value is -1.76. The fraction of sp³-hybridized carbons (Fsp3) is 0.625. The molecule has 1 saturated carbocycles. The Labute approximate surface area is 120 Å². The predicted octanol–water partition coefficient (Wildman–Crippen LogP) is 3.41. The number of hydrogen-bond donors (Lipinski definition) is 0. The van der Waals surface area contributed by atoms with Crippen molar-refractivity contribution in [1.29, 1.82) is 5.26 Å². The molecule has 1 aliphatic rings. The average Bonchev–Trinajstić information content (AvgIpc) is 2.72. The van der Waals surface area contributed by atoms with E-state index in [1.165, 1.54) is 0 Å². The molecule has 1 fully saturated rings. The molecule has 4 nitrogen and oxygen atoms in total. The van der Waals surface area contributed by atoms with E-state index in [2.05, 4.69) is 6.07 Å². The minimum absolute atomic E-state index is 0.0394. The van der Waals surface area contributed by atoms with Gasteiger partial charge in [-0.15, -0.1) is 0 Å². The number of hydrogen-bond acceptors (Lipinski definition) is 3. The molecule has 1 aromatic heterocycles. The number of carbonyl (C=O) groups is 1. The summed E-state index contributed by atoms with van der Waals surface area (Å²) in [6.07, 6.45) is 7.21. The largest absolute Gasteiger partial charge is 0.469 e. The first-order valence-corrected chi connectivity index (χ1v) is 7.29. The van der Waals surface area contributed by atoms with Crippen LogP contribution in [0.5, 0.6) is 0 Å². The van der Waals surface area contributed by atoms with Gasteiger partial charge in [0.15, 0.2) is 0 Å². The molecule has 0 N–H and O–H groups in total. The molecule has 4 heteroatoms. The molecule has 0 saturated heterocycles. The molecule has 0 radical (unpaired) electrons. The van der Waals surface area contributed by atoms with E-state index in [0.29, 0.717) is 19.4 Å². The lowest BCUT2D eigenvalue weighted by molar-refractivity contribution is -0.138. The van der Waals surface area contributed by atoms with Gasteiger partial charge in [0.2, 0.25) is 5.91 Å². The molecule has 0 spiro atoms. The Kier molecular flexibility index (Phi) is 4.49. The summed E-state index contributed by atoms with van der Waals surface area (Å²) in [4.78, 5) is 14.4. The lowest BCUT2D eigenvalue weighted by Crippen LogP contribution is -2.40. The highest BCUT2D eigenvalue weighted by atomic mass is 16.3. The smallest absolute Gasteiger partial charge is 0.243 e. The monoisotopic (exact) mass is 274 g/mol. The van der Waals surface area contributed by atoms with Crippen molar-refractivity contribution >= 4 is 5.91 Å². The molecule has 0 unspecified atom stereocenters. The van der Waals surface area contributed by atoms with Crippen molar-refractivity contribution in [3.63, 3.8) is 0 Å². The molecule has 1 aliphatic carbocycles. The zero-order chi connectivity index (χ0) is 14.6. The molecule has 0 bridgehead atoms. The first kappa shape index (κ1) is 14.6. The molecule has 20 heavy (non-hydrogen) atoms. The van der Waals surface area contributed by atoms with E-state index in [1.54, 1.807) is 18.2 Å². The second kappa shape index (κ2) is 6.13. The standard InChI is InChI=1S/C16H22N2O2/c1-13-14(7-10-20-13)11-18(2)15(19)16(12-17)8-5-3-4-6-9-16/h7,10H,3-6,8-9,11H2,1-2H3. The summed E-state index contributed by atoms with van der Waals surface area (Å²) < 4.78 is 5.26. The van der Waals surface area contributed by atoms with Crippen LogP contribution < -0.4 is 0 Å². The molecule has 0 aromatic carbocycles.